The summed E-state index contributed by atoms with van der Waals surface area (Å²) in [6.45, 7) is 8.35. The molecule has 0 saturated heterocycles. The summed E-state index contributed by atoms with van der Waals surface area (Å²) in [6, 6.07) is -0.00814. The molecular formula is C12H24N2O3. The topological polar surface area (TPSA) is 58.6 Å². The zero-order chi connectivity index (χ0) is 13.4. The molecule has 0 aromatic heterocycles. The van der Waals surface area contributed by atoms with Crippen LogP contribution in [-0.2, 0) is 14.3 Å². The Bertz CT molecular complexity index is 254. The summed E-state index contributed by atoms with van der Waals surface area (Å²) < 4.78 is 4.86. The molecular weight excluding hydrogens is 220 g/mol. The minimum absolute atomic E-state index is 0.00814. The minimum Gasteiger partial charge on any atom is -0.465 e. The third-order valence-electron chi connectivity index (χ3n) is 2.44. The van der Waals surface area contributed by atoms with Crippen LogP contribution >= 0.6 is 0 Å². The Kier molecular flexibility index (Phi) is 7.54. The van der Waals surface area contributed by atoms with Crippen LogP contribution in [0.5, 0.6) is 0 Å². The molecule has 1 unspecified atom stereocenters. The average Bonchev–Trinajstić information content (AvgIpc) is 2.25. The van der Waals surface area contributed by atoms with E-state index in [0.717, 1.165) is 0 Å². The maximum atomic E-state index is 12.1. The smallest absolute Gasteiger partial charge is 0.325 e. The Morgan fingerprint density at radius 2 is 1.88 bits per heavy atom. The first kappa shape index (κ1) is 15.9. The minimum atomic E-state index is -0.355. The highest BCUT2D eigenvalue weighted by molar-refractivity contribution is 5.83. The van der Waals surface area contributed by atoms with Crippen LogP contribution in [0.25, 0.3) is 0 Å². The van der Waals surface area contributed by atoms with E-state index in [4.69, 9.17) is 4.74 Å². The molecule has 17 heavy (non-hydrogen) atoms. The fraction of sp³-hybridized carbons (Fsp3) is 0.833. The van der Waals surface area contributed by atoms with Crippen LogP contribution in [0.15, 0.2) is 0 Å². The fourth-order valence-electron chi connectivity index (χ4n) is 1.54. The van der Waals surface area contributed by atoms with E-state index in [-0.39, 0.29) is 30.4 Å². The lowest BCUT2D eigenvalue weighted by Gasteiger charge is -2.28. The molecule has 0 aliphatic carbocycles. The zero-order valence-corrected chi connectivity index (χ0v) is 11.4. The van der Waals surface area contributed by atoms with Crippen molar-refractivity contribution in [2.75, 3.05) is 26.7 Å². The van der Waals surface area contributed by atoms with Crippen molar-refractivity contribution in [1.29, 1.82) is 0 Å². The summed E-state index contributed by atoms with van der Waals surface area (Å²) in [4.78, 5) is 25.1. The standard InChI is InChI=1S/C12H24N2O3/c1-6-17-11(15)8-14(9(2)3)12(16)10(4)7-13-5/h9-10,13H,6-8H2,1-5H3. The zero-order valence-electron chi connectivity index (χ0n) is 11.4. The first-order valence-electron chi connectivity index (χ1n) is 6.04. The van der Waals surface area contributed by atoms with Crippen molar-refractivity contribution in [2.45, 2.75) is 33.7 Å². The predicted molar refractivity (Wildman–Crippen MR) is 66.6 cm³/mol. The van der Waals surface area contributed by atoms with Gasteiger partial charge in [-0.25, -0.2) is 0 Å². The van der Waals surface area contributed by atoms with E-state index in [1.165, 1.54) is 0 Å². The van der Waals surface area contributed by atoms with Gasteiger partial charge < -0.3 is 15.0 Å². The highest BCUT2D eigenvalue weighted by atomic mass is 16.5. The molecule has 0 spiro atoms. The first-order chi connectivity index (χ1) is 7.93. The number of carbonyl (C=O) groups excluding carboxylic acids is 2. The van der Waals surface area contributed by atoms with E-state index < -0.39 is 0 Å². The summed E-state index contributed by atoms with van der Waals surface area (Å²) >= 11 is 0. The second-order valence-electron chi connectivity index (χ2n) is 4.32. The number of amides is 1. The summed E-state index contributed by atoms with van der Waals surface area (Å²) in [5, 5.41) is 2.96. The van der Waals surface area contributed by atoms with E-state index in [9.17, 15) is 9.59 Å². The maximum absolute atomic E-state index is 12.1. The summed E-state index contributed by atoms with van der Waals surface area (Å²) in [5.41, 5.74) is 0. The molecule has 0 heterocycles. The van der Waals surface area contributed by atoms with E-state index >= 15 is 0 Å². The van der Waals surface area contributed by atoms with Gasteiger partial charge in [0.15, 0.2) is 0 Å². The van der Waals surface area contributed by atoms with Crippen LogP contribution in [0.1, 0.15) is 27.7 Å². The van der Waals surface area contributed by atoms with Crippen molar-refractivity contribution in [3.8, 4) is 0 Å². The van der Waals surface area contributed by atoms with Crippen LogP contribution in [0.3, 0.4) is 0 Å². The molecule has 5 heteroatoms. The Labute approximate surface area is 103 Å². The molecule has 0 aromatic carbocycles. The lowest BCUT2D eigenvalue weighted by Crippen LogP contribution is -2.45. The van der Waals surface area contributed by atoms with E-state index in [1.54, 1.807) is 18.9 Å². The Balaban J connectivity index is 4.51. The number of esters is 1. The van der Waals surface area contributed by atoms with Crippen molar-refractivity contribution in [2.24, 2.45) is 5.92 Å². The molecule has 0 aliphatic rings. The number of hydrogen-bond acceptors (Lipinski definition) is 4. The second kappa shape index (κ2) is 8.06. The monoisotopic (exact) mass is 244 g/mol. The van der Waals surface area contributed by atoms with Gasteiger partial charge in [0.1, 0.15) is 6.54 Å². The second-order valence-corrected chi connectivity index (χ2v) is 4.32. The molecule has 100 valence electrons. The van der Waals surface area contributed by atoms with E-state index in [0.29, 0.717) is 13.2 Å². The Morgan fingerprint density at radius 3 is 2.29 bits per heavy atom. The summed E-state index contributed by atoms with van der Waals surface area (Å²) in [7, 11) is 1.80. The number of carbonyl (C=O) groups is 2. The van der Waals surface area contributed by atoms with Crippen LogP contribution in [-0.4, -0.2) is 49.6 Å². The third kappa shape index (κ3) is 5.68. The fourth-order valence-corrected chi connectivity index (χ4v) is 1.54. The Morgan fingerprint density at radius 1 is 1.29 bits per heavy atom. The van der Waals surface area contributed by atoms with Gasteiger partial charge in [0.2, 0.25) is 5.91 Å². The molecule has 1 atom stereocenters. The van der Waals surface area contributed by atoms with Gasteiger partial charge in [-0.15, -0.1) is 0 Å². The molecule has 1 N–H and O–H groups in total. The highest BCUT2D eigenvalue weighted by Gasteiger charge is 2.24. The van der Waals surface area contributed by atoms with E-state index in [1.807, 2.05) is 20.8 Å². The van der Waals surface area contributed by atoms with Gasteiger partial charge in [0.05, 0.1) is 6.61 Å². The third-order valence-corrected chi connectivity index (χ3v) is 2.44. The molecule has 0 aromatic rings. The molecule has 0 saturated carbocycles. The van der Waals surface area contributed by atoms with Gasteiger partial charge >= 0.3 is 5.97 Å². The van der Waals surface area contributed by atoms with Gasteiger partial charge in [-0.05, 0) is 27.8 Å². The van der Waals surface area contributed by atoms with Crippen molar-refractivity contribution < 1.29 is 14.3 Å². The number of nitrogens with one attached hydrogen (secondary N) is 1. The first-order valence-corrected chi connectivity index (χ1v) is 6.04. The quantitative estimate of drug-likeness (QED) is 0.668. The van der Waals surface area contributed by atoms with Crippen LogP contribution in [0, 0.1) is 5.92 Å². The van der Waals surface area contributed by atoms with Gasteiger partial charge in [0, 0.05) is 18.5 Å². The van der Waals surface area contributed by atoms with Crippen LogP contribution < -0.4 is 5.32 Å². The molecule has 0 radical (unpaired) electrons. The number of rotatable bonds is 7. The van der Waals surface area contributed by atoms with Crippen molar-refractivity contribution in [3.63, 3.8) is 0 Å². The SMILES string of the molecule is CCOC(=O)CN(C(=O)C(C)CNC)C(C)C. The lowest BCUT2D eigenvalue weighted by atomic mass is 10.1. The number of nitrogens with zero attached hydrogens (tertiary/aromatic N) is 1. The molecule has 0 bridgehead atoms. The van der Waals surface area contributed by atoms with Gasteiger partial charge in [-0.2, -0.15) is 0 Å². The summed E-state index contributed by atoms with van der Waals surface area (Å²) in [6.07, 6.45) is 0. The lowest BCUT2D eigenvalue weighted by molar-refractivity contribution is -0.151. The Hall–Kier alpha value is -1.10. The number of hydrogen-bond donors (Lipinski definition) is 1. The van der Waals surface area contributed by atoms with Gasteiger partial charge in [0.25, 0.3) is 0 Å². The average molecular weight is 244 g/mol. The largest absolute Gasteiger partial charge is 0.465 e. The summed E-state index contributed by atoms with van der Waals surface area (Å²) in [5.74, 6) is -0.523. The molecule has 0 fully saturated rings. The molecule has 1 amide bonds. The van der Waals surface area contributed by atoms with Crippen LogP contribution in [0.2, 0.25) is 0 Å². The highest BCUT2D eigenvalue weighted by Crippen LogP contribution is 2.06. The van der Waals surface area contributed by atoms with Crippen LogP contribution in [0.4, 0.5) is 0 Å². The van der Waals surface area contributed by atoms with Gasteiger partial charge in [-0.3, -0.25) is 9.59 Å². The molecule has 0 aliphatic heterocycles. The molecule has 0 rings (SSSR count). The van der Waals surface area contributed by atoms with Crippen molar-refractivity contribution in [1.82, 2.24) is 10.2 Å². The molecule has 5 nitrogen and oxygen atoms in total. The number of ether oxygens (including phenoxy) is 1. The predicted octanol–water partition coefficient (Wildman–Crippen LogP) is 0.642. The van der Waals surface area contributed by atoms with Crippen molar-refractivity contribution >= 4 is 11.9 Å². The van der Waals surface area contributed by atoms with Gasteiger partial charge in [-0.1, -0.05) is 6.92 Å². The van der Waals surface area contributed by atoms with E-state index in [2.05, 4.69) is 5.32 Å². The maximum Gasteiger partial charge on any atom is 0.325 e. The van der Waals surface area contributed by atoms with Crippen molar-refractivity contribution in [3.05, 3.63) is 0 Å². The normalized spacial score (nSPS) is 12.4.